The number of hydrogen-bond acceptors (Lipinski definition) is 3. The molecule has 0 aliphatic heterocycles. The summed E-state index contributed by atoms with van der Waals surface area (Å²) in [6.07, 6.45) is 1.88. The van der Waals surface area contributed by atoms with Crippen LogP contribution in [0.2, 0.25) is 0 Å². The zero-order chi connectivity index (χ0) is 14.3. The van der Waals surface area contributed by atoms with Gasteiger partial charge in [0.2, 0.25) is 5.96 Å². The van der Waals surface area contributed by atoms with Crippen LogP contribution in [0.15, 0.2) is 29.3 Å². The van der Waals surface area contributed by atoms with Gasteiger partial charge in [0, 0.05) is 12.2 Å². The van der Waals surface area contributed by atoms with Gasteiger partial charge in [-0.3, -0.25) is 10.3 Å². The average molecular weight is 260 g/mol. The van der Waals surface area contributed by atoms with Crippen molar-refractivity contribution >= 4 is 11.6 Å². The van der Waals surface area contributed by atoms with Crippen LogP contribution in [-0.4, -0.2) is 19.6 Å². The van der Waals surface area contributed by atoms with Gasteiger partial charge in [-0.05, 0) is 29.7 Å². The number of methoxy groups -OCH3 is 1. The molecule has 19 heavy (non-hydrogen) atoms. The first-order chi connectivity index (χ1) is 8.94. The lowest BCUT2D eigenvalue weighted by atomic mass is 9.97. The molecule has 5 heteroatoms. The summed E-state index contributed by atoms with van der Waals surface area (Å²) in [5.41, 5.74) is 0.917. The molecule has 0 unspecified atom stereocenters. The van der Waals surface area contributed by atoms with Crippen LogP contribution in [0, 0.1) is 16.9 Å². The van der Waals surface area contributed by atoms with Gasteiger partial charge in [-0.1, -0.05) is 20.8 Å². The molecule has 0 atom stereocenters. The zero-order valence-corrected chi connectivity index (χ0v) is 11.8. The highest BCUT2D eigenvalue weighted by Crippen LogP contribution is 2.16. The minimum atomic E-state index is 0.0734. The summed E-state index contributed by atoms with van der Waals surface area (Å²) >= 11 is 0. The lowest BCUT2D eigenvalue weighted by molar-refractivity contribution is 0.415. The molecule has 0 saturated carbocycles. The van der Waals surface area contributed by atoms with Gasteiger partial charge in [-0.15, -0.1) is 0 Å². The van der Waals surface area contributed by atoms with E-state index < -0.39 is 0 Å². The molecular weight excluding hydrogens is 240 g/mol. The zero-order valence-electron chi connectivity index (χ0n) is 11.8. The van der Waals surface area contributed by atoms with E-state index in [4.69, 9.17) is 10.00 Å². The number of aliphatic imine (C=N–C) groups is 1. The molecule has 2 N–H and O–H groups in total. The molecule has 0 heterocycles. The van der Waals surface area contributed by atoms with Gasteiger partial charge in [-0.2, -0.15) is 5.26 Å². The van der Waals surface area contributed by atoms with Crippen molar-refractivity contribution in [1.82, 2.24) is 5.32 Å². The molecule has 0 aliphatic carbocycles. The molecule has 1 aromatic carbocycles. The normalized spacial score (nSPS) is 11.6. The first-order valence-electron chi connectivity index (χ1n) is 6.05. The van der Waals surface area contributed by atoms with Crippen LogP contribution in [0.1, 0.15) is 20.8 Å². The number of rotatable bonds is 3. The summed E-state index contributed by atoms with van der Waals surface area (Å²) in [5, 5.41) is 14.3. The molecule has 0 amide bonds. The third kappa shape index (κ3) is 5.77. The minimum Gasteiger partial charge on any atom is -0.497 e. The Labute approximate surface area is 114 Å². The number of ether oxygens (including phenoxy) is 1. The Morgan fingerprint density at radius 3 is 2.42 bits per heavy atom. The quantitative estimate of drug-likeness (QED) is 0.379. The van der Waals surface area contributed by atoms with Crippen LogP contribution >= 0.6 is 0 Å². The third-order valence-corrected chi connectivity index (χ3v) is 2.24. The number of nitrogens with zero attached hydrogens (tertiary/aromatic N) is 2. The van der Waals surface area contributed by atoms with E-state index in [2.05, 4.69) is 36.4 Å². The Hall–Kier alpha value is -2.22. The fraction of sp³-hybridized carbons (Fsp3) is 0.429. The van der Waals surface area contributed by atoms with Crippen molar-refractivity contribution in [3.05, 3.63) is 24.3 Å². The van der Waals surface area contributed by atoms with Crippen LogP contribution in [0.5, 0.6) is 5.75 Å². The topological polar surface area (TPSA) is 69.4 Å². The molecule has 0 saturated heterocycles. The van der Waals surface area contributed by atoms with Crippen LogP contribution < -0.4 is 15.4 Å². The second-order valence-corrected chi connectivity index (χ2v) is 5.32. The van der Waals surface area contributed by atoms with E-state index in [0.29, 0.717) is 12.5 Å². The fourth-order valence-electron chi connectivity index (χ4n) is 1.29. The van der Waals surface area contributed by atoms with Crippen molar-refractivity contribution in [1.29, 1.82) is 5.26 Å². The molecule has 1 aromatic rings. The fourth-order valence-corrected chi connectivity index (χ4v) is 1.29. The highest BCUT2D eigenvalue weighted by molar-refractivity contribution is 5.94. The molecule has 0 aromatic heterocycles. The highest BCUT2D eigenvalue weighted by atomic mass is 16.5. The van der Waals surface area contributed by atoms with E-state index in [1.165, 1.54) is 0 Å². The Morgan fingerprint density at radius 1 is 1.32 bits per heavy atom. The van der Waals surface area contributed by atoms with Gasteiger partial charge >= 0.3 is 0 Å². The van der Waals surface area contributed by atoms with Crippen LogP contribution in [0.3, 0.4) is 0 Å². The monoisotopic (exact) mass is 260 g/mol. The lowest BCUT2D eigenvalue weighted by Crippen LogP contribution is -2.28. The van der Waals surface area contributed by atoms with Crippen molar-refractivity contribution in [2.45, 2.75) is 20.8 Å². The van der Waals surface area contributed by atoms with E-state index in [1.54, 1.807) is 7.11 Å². The van der Waals surface area contributed by atoms with Crippen molar-refractivity contribution in [2.24, 2.45) is 10.4 Å². The van der Waals surface area contributed by atoms with E-state index in [9.17, 15) is 0 Å². The summed E-state index contributed by atoms with van der Waals surface area (Å²) in [7, 11) is 1.62. The van der Waals surface area contributed by atoms with E-state index >= 15 is 0 Å². The number of nitriles is 1. The number of anilines is 1. The van der Waals surface area contributed by atoms with E-state index in [0.717, 1.165) is 11.4 Å². The average Bonchev–Trinajstić information content (AvgIpc) is 2.36. The van der Waals surface area contributed by atoms with E-state index in [1.807, 2.05) is 30.5 Å². The number of benzene rings is 1. The van der Waals surface area contributed by atoms with Crippen LogP contribution in [-0.2, 0) is 0 Å². The molecule has 102 valence electrons. The summed E-state index contributed by atoms with van der Waals surface area (Å²) < 4.78 is 5.09. The summed E-state index contributed by atoms with van der Waals surface area (Å²) in [5.74, 6) is 1.23. The first kappa shape index (κ1) is 14.8. The summed E-state index contributed by atoms with van der Waals surface area (Å²) in [6.45, 7) is 6.90. The number of nitrogens with one attached hydrogen (secondary N) is 2. The lowest BCUT2D eigenvalue weighted by Gasteiger charge is -2.16. The van der Waals surface area contributed by atoms with E-state index in [-0.39, 0.29) is 5.41 Å². The van der Waals surface area contributed by atoms with Crippen molar-refractivity contribution in [3.8, 4) is 11.9 Å². The summed E-state index contributed by atoms with van der Waals surface area (Å²) in [4.78, 5) is 4.36. The van der Waals surface area contributed by atoms with Crippen molar-refractivity contribution in [2.75, 3.05) is 19.0 Å². The van der Waals surface area contributed by atoms with Gasteiger partial charge in [0.1, 0.15) is 5.75 Å². The van der Waals surface area contributed by atoms with Crippen molar-refractivity contribution in [3.63, 3.8) is 0 Å². The smallest absolute Gasteiger partial charge is 0.209 e. The van der Waals surface area contributed by atoms with Gasteiger partial charge in [0.25, 0.3) is 0 Å². The molecular formula is C14H20N4O. The molecule has 0 fully saturated rings. The maximum absolute atomic E-state index is 8.72. The molecule has 0 aliphatic rings. The van der Waals surface area contributed by atoms with Gasteiger partial charge in [0.05, 0.1) is 7.11 Å². The number of hydrogen-bond donors (Lipinski definition) is 2. The SMILES string of the molecule is COc1ccc(NC(=NCC(C)(C)C)NC#N)cc1. The largest absolute Gasteiger partial charge is 0.497 e. The second-order valence-electron chi connectivity index (χ2n) is 5.32. The predicted molar refractivity (Wildman–Crippen MR) is 77.1 cm³/mol. The molecule has 0 spiro atoms. The van der Waals surface area contributed by atoms with Gasteiger partial charge in [0.15, 0.2) is 6.19 Å². The number of guanidine groups is 1. The second kappa shape index (κ2) is 6.64. The molecule has 0 radical (unpaired) electrons. The third-order valence-electron chi connectivity index (χ3n) is 2.24. The molecule has 0 bridgehead atoms. The standard InChI is InChI=1S/C14H20N4O/c1-14(2,3)9-16-13(17-10-15)18-11-5-7-12(19-4)8-6-11/h5-8H,9H2,1-4H3,(H2,16,17,18). The molecule has 5 nitrogen and oxygen atoms in total. The van der Waals surface area contributed by atoms with Gasteiger partial charge in [-0.25, -0.2) is 0 Å². The maximum atomic E-state index is 8.72. The predicted octanol–water partition coefficient (Wildman–Crippen LogP) is 2.58. The van der Waals surface area contributed by atoms with Crippen LogP contribution in [0.4, 0.5) is 5.69 Å². The Kier molecular flexibility index (Phi) is 5.19. The Bertz CT molecular complexity index is 466. The van der Waals surface area contributed by atoms with Gasteiger partial charge < -0.3 is 10.1 Å². The maximum Gasteiger partial charge on any atom is 0.209 e. The Morgan fingerprint density at radius 2 is 1.95 bits per heavy atom. The highest BCUT2D eigenvalue weighted by Gasteiger charge is 2.09. The Balaban J connectivity index is 2.75. The van der Waals surface area contributed by atoms with Crippen molar-refractivity contribution < 1.29 is 4.74 Å². The summed E-state index contributed by atoms with van der Waals surface area (Å²) in [6, 6.07) is 7.42. The minimum absolute atomic E-state index is 0.0734. The first-order valence-corrected chi connectivity index (χ1v) is 6.05. The molecule has 1 rings (SSSR count). The van der Waals surface area contributed by atoms with Crippen LogP contribution in [0.25, 0.3) is 0 Å².